The molecule has 2 aliphatic rings. The van der Waals surface area contributed by atoms with E-state index in [2.05, 4.69) is 113 Å². The maximum absolute atomic E-state index is 14.2. The Balaban J connectivity index is 1.60. The molecule has 3 aromatic carbocycles. The number of halogens is 1. The Morgan fingerprint density at radius 2 is 1.61 bits per heavy atom. The highest BCUT2D eigenvalue weighted by molar-refractivity contribution is 9.10. The average Bonchev–Trinajstić information content (AvgIpc) is 2.87. The van der Waals surface area contributed by atoms with Crippen molar-refractivity contribution in [3.05, 3.63) is 123 Å². The van der Waals surface area contributed by atoms with Crippen LogP contribution in [0.15, 0.2) is 106 Å². The maximum Gasteiger partial charge on any atom is 0.188 e. The van der Waals surface area contributed by atoms with Crippen LogP contribution in [0, 0.1) is 5.41 Å². The molecule has 1 aliphatic carbocycles. The Morgan fingerprint density at radius 3 is 2.25 bits per heavy atom. The van der Waals surface area contributed by atoms with E-state index in [1.54, 1.807) is 0 Å². The zero-order valence-corrected chi connectivity index (χ0v) is 22.8. The molecule has 0 bridgehead atoms. The van der Waals surface area contributed by atoms with Crippen LogP contribution in [0.1, 0.15) is 42.9 Å². The fraction of sp³-hybridized carbons (Fsp3) is 0.219. The number of hydrogen-bond acceptors (Lipinski definition) is 3. The summed E-state index contributed by atoms with van der Waals surface area (Å²) in [7, 11) is 4.07. The third kappa shape index (κ3) is 4.70. The van der Waals surface area contributed by atoms with E-state index in [1.165, 1.54) is 0 Å². The molecule has 1 heterocycles. The van der Waals surface area contributed by atoms with Gasteiger partial charge in [-0.05, 0) is 64.9 Å². The van der Waals surface area contributed by atoms with Gasteiger partial charge in [0, 0.05) is 52.7 Å². The molecule has 1 aliphatic heterocycles. The van der Waals surface area contributed by atoms with Gasteiger partial charge in [-0.1, -0.05) is 84.4 Å². The number of ketones is 1. The maximum atomic E-state index is 14.2. The Labute approximate surface area is 222 Å². The largest absolute Gasteiger partial charge is 0.378 e. The number of benzene rings is 3. The van der Waals surface area contributed by atoms with Crippen LogP contribution in [-0.2, 0) is 4.79 Å². The molecule has 0 fully saturated rings. The molecular formula is C32H31BrN2O. The molecule has 0 radical (unpaired) electrons. The molecule has 5 rings (SSSR count). The predicted molar refractivity (Wildman–Crippen MR) is 154 cm³/mol. The summed E-state index contributed by atoms with van der Waals surface area (Å²) in [5.41, 5.74) is 7.92. The van der Waals surface area contributed by atoms with Crippen LogP contribution in [0.4, 0.5) is 5.69 Å². The molecule has 1 N–H and O–H groups in total. The van der Waals surface area contributed by atoms with E-state index in [0.717, 1.165) is 55.8 Å². The van der Waals surface area contributed by atoms with Crippen molar-refractivity contribution < 1.29 is 4.79 Å². The zero-order chi connectivity index (χ0) is 25.4. The summed E-state index contributed by atoms with van der Waals surface area (Å²) in [5.74, 6) is 0.00869. The second-order valence-corrected chi connectivity index (χ2v) is 11.3. The number of dihydropyridines is 1. The number of anilines is 1. The lowest BCUT2D eigenvalue weighted by molar-refractivity contribution is -0.113. The van der Waals surface area contributed by atoms with Gasteiger partial charge in [0.15, 0.2) is 5.78 Å². The molecule has 0 spiro atoms. The molecule has 0 aromatic heterocycles. The van der Waals surface area contributed by atoms with Crippen LogP contribution in [0.25, 0.3) is 11.8 Å². The summed E-state index contributed by atoms with van der Waals surface area (Å²) in [6, 6.07) is 27.1. The summed E-state index contributed by atoms with van der Waals surface area (Å²) in [6.45, 7) is 4.34. The molecule has 182 valence electrons. The topological polar surface area (TPSA) is 32.3 Å². The fourth-order valence-corrected chi connectivity index (χ4v) is 5.40. The number of hydrogen-bond donors (Lipinski definition) is 1. The SMILES string of the molecule is CN(C)c1ccc(/C=C2\C(=O)C3=C(CC2(C)C)NC(c2ccccc2)=CC3c2ccc(Br)cc2)cc1. The van der Waals surface area contributed by atoms with E-state index in [9.17, 15) is 4.79 Å². The van der Waals surface area contributed by atoms with E-state index in [1.807, 2.05) is 32.3 Å². The van der Waals surface area contributed by atoms with Crippen molar-refractivity contribution in [1.82, 2.24) is 5.32 Å². The number of Topliss-reactive ketones (excluding diaryl/α,β-unsaturated/α-hetero) is 1. The smallest absolute Gasteiger partial charge is 0.188 e. The zero-order valence-electron chi connectivity index (χ0n) is 21.2. The van der Waals surface area contributed by atoms with Gasteiger partial charge in [-0.3, -0.25) is 4.79 Å². The van der Waals surface area contributed by atoms with Gasteiger partial charge < -0.3 is 10.2 Å². The number of carbonyl (C=O) groups is 1. The first-order chi connectivity index (χ1) is 17.2. The number of rotatable bonds is 4. The Morgan fingerprint density at radius 1 is 0.944 bits per heavy atom. The minimum absolute atomic E-state index is 0.118. The standard InChI is InChI=1S/C32H31BrN2O/c1-32(2)20-29-30(31(36)27(32)18-21-10-16-25(17-11-21)35(3)4)26(22-12-14-24(33)15-13-22)19-28(34-29)23-8-6-5-7-9-23/h5-19,26,34H,20H2,1-4H3/b27-18+. The van der Waals surface area contributed by atoms with Gasteiger partial charge in [0.2, 0.25) is 0 Å². The quantitative estimate of drug-likeness (QED) is 0.347. The van der Waals surface area contributed by atoms with Gasteiger partial charge >= 0.3 is 0 Å². The minimum atomic E-state index is -0.299. The number of nitrogens with one attached hydrogen (secondary N) is 1. The highest BCUT2D eigenvalue weighted by Gasteiger charge is 2.42. The number of nitrogens with zero attached hydrogens (tertiary/aromatic N) is 1. The van der Waals surface area contributed by atoms with Crippen molar-refractivity contribution in [3.8, 4) is 0 Å². The van der Waals surface area contributed by atoms with Crippen molar-refractivity contribution in [2.24, 2.45) is 5.41 Å². The summed E-state index contributed by atoms with van der Waals surface area (Å²) >= 11 is 3.56. The highest BCUT2D eigenvalue weighted by Crippen LogP contribution is 2.48. The molecule has 0 saturated carbocycles. The van der Waals surface area contributed by atoms with Gasteiger partial charge in [-0.25, -0.2) is 0 Å². The van der Waals surface area contributed by atoms with Crippen LogP contribution in [0.2, 0.25) is 0 Å². The lowest BCUT2D eigenvalue weighted by Gasteiger charge is -2.40. The van der Waals surface area contributed by atoms with Crippen LogP contribution in [0.5, 0.6) is 0 Å². The highest BCUT2D eigenvalue weighted by atomic mass is 79.9. The van der Waals surface area contributed by atoms with E-state index in [0.29, 0.717) is 0 Å². The third-order valence-corrected chi connectivity index (χ3v) is 7.66. The van der Waals surface area contributed by atoms with Crippen molar-refractivity contribution in [1.29, 1.82) is 0 Å². The minimum Gasteiger partial charge on any atom is -0.378 e. The molecule has 0 amide bonds. The van der Waals surface area contributed by atoms with Gasteiger partial charge in [0.25, 0.3) is 0 Å². The fourth-order valence-electron chi connectivity index (χ4n) is 5.13. The monoisotopic (exact) mass is 538 g/mol. The van der Waals surface area contributed by atoms with Crippen molar-refractivity contribution in [2.75, 3.05) is 19.0 Å². The van der Waals surface area contributed by atoms with E-state index >= 15 is 0 Å². The Bertz CT molecular complexity index is 1380. The van der Waals surface area contributed by atoms with Crippen LogP contribution < -0.4 is 10.2 Å². The lowest BCUT2D eigenvalue weighted by Crippen LogP contribution is -2.37. The predicted octanol–water partition coefficient (Wildman–Crippen LogP) is 7.58. The third-order valence-electron chi connectivity index (χ3n) is 7.13. The van der Waals surface area contributed by atoms with Gasteiger partial charge in [-0.15, -0.1) is 0 Å². The molecule has 0 saturated heterocycles. The van der Waals surface area contributed by atoms with Gasteiger partial charge in [0.05, 0.1) is 0 Å². The Hall–Kier alpha value is -3.37. The molecule has 4 heteroatoms. The average molecular weight is 540 g/mol. The number of allylic oxidation sites excluding steroid dienone is 4. The Kier molecular flexibility index (Phi) is 6.48. The van der Waals surface area contributed by atoms with Crippen molar-refractivity contribution in [3.63, 3.8) is 0 Å². The molecule has 3 nitrogen and oxygen atoms in total. The second-order valence-electron chi connectivity index (χ2n) is 10.4. The summed E-state index contributed by atoms with van der Waals surface area (Å²) < 4.78 is 1.03. The van der Waals surface area contributed by atoms with E-state index < -0.39 is 0 Å². The van der Waals surface area contributed by atoms with Crippen LogP contribution >= 0.6 is 15.9 Å². The van der Waals surface area contributed by atoms with E-state index in [-0.39, 0.29) is 17.1 Å². The van der Waals surface area contributed by atoms with Crippen molar-refractivity contribution >= 4 is 39.2 Å². The molecule has 1 unspecified atom stereocenters. The van der Waals surface area contributed by atoms with Gasteiger partial charge in [0.1, 0.15) is 0 Å². The van der Waals surface area contributed by atoms with E-state index in [4.69, 9.17) is 0 Å². The molecule has 3 aromatic rings. The molecule has 36 heavy (non-hydrogen) atoms. The van der Waals surface area contributed by atoms with Gasteiger partial charge in [-0.2, -0.15) is 0 Å². The molecular weight excluding hydrogens is 508 g/mol. The summed E-state index contributed by atoms with van der Waals surface area (Å²) in [5, 5.41) is 3.65. The summed E-state index contributed by atoms with van der Waals surface area (Å²) in [4.78, 5) is 16.3. The van der Waals surface area contributed by atoms with Crippen LogP contribution in [0.3, 0.4) is 0 Å². The summed E-state index contributed by atoms with van der Waals surface area (Å²) in [6.07, 6.45) is 5.06. The number of carbonyl (C=O) groups excluding carboxylic acids is 1. The first kappa shape index (κ1) is 24.3. The first-order valence-corrected chi connectivity index (χ1v) is 13.1. The second kappa shape index (κ2) is 9.59. The first-order valence-electron chi connectivity index (χ1n) is 12.3. The van der Waals surface area contributed by atoms with Crippen LogP contribution in [-0.4, -0.2) is 19.9 Å². The van der Waals surface area contributed by atoms with Crippen molar-refractivity contribution in [2.45, 2.75) is 26.2 Å². The molecule has 1 atom stereocenters. The normalized spacial score (nSPS) is 20.0. The lowest BCUT2D eigenvalue weighted by atomic mass is 9.67.